The SMILES string of the molecule is CCc1cccc(C)c1N[C@H]1CS(=O)(=O)C[C@@H]1O. The number of para-hydroxylation sites is 1. The normalized spacial score (nSPS) is 26.2. The molecule has 5 heteroatoms. The first kappa shape index (κ1) is 13.4. The van der Waals surface area contributed by atoms with E-state index in [2.05, 4.69) is 12.2 Å². The topological polar surface area (TPSA) is 66.4 Å². The van der Waals surface area contributed by atoms with Crippen LogP contribution in [0.5, 0.6) is 0 Å². The van der Waals surface area contributed by atoms with Gasteiger partial charge in [-0.15, -0.1) is 0 Å². The van der Waals surface area contributed by atoms with Gasteiger partial charge in [-0.3, -0.25) is 0 Å². The minimum absolute atomic E-state index is 0.00561. The van der Waals surface area contributed by atoms with Crippen LogP contribution in [0.4, 0.5) is 5.69 Å². The summed E-state index contributed by atoms with van der Waals surface area (Å²) < 4.78 is 23.0. The van der Waals surface area contributed by atoms with Gasteiger partial charge in [0.25, 0.3) is 0 Å². The number of anilines is 1. The highest BCUT2D eigenvalue weighted by Crippen LogP contribution is 2.25. The summed E-state index contributed by atoms with van der Waals surface area (Å²) in [7, 11) is -3.11. The molecule has 18 heavy (non-hydrogen) atoms. The average Bonchev–Trinajstić information content (AvgIpc) is 2.54. The molecule has 1 fully saturated rings. The molecule has 1 aromatic carbocycles. The quantitative estimate of drug-likeness (QED) is 0.863. The summed E-state index contributed by atoms with van der Waals surface area (Å²) in [5.74, 6) is -0.135. The van der Waals surface area contributed by atoms with Gasteiger partial charge >= 0.3 is 0 Å². The van der Waals surface area contributed by atoms with Crippen LogP contribution < -0.4 is 5.32 Å². The first-order valence-corrected chi connectivity index (χ1v) is 7.98. The molecule has 1 aliphatic heterocycles. The van der Waals surface area contributed by atoms with E-state index in [-0.39, 0.29) is 11.5 Å². The third kappa shape index (κ3) is 2.67. The van der Waals surface area contributed by atoms with Crippen molar-refractivity contribution in [1.29, 1.82) is 0 Å². The summed E-state index contributed by atoms with van der Waals surface area (Å²) in [4.78, 5) is 0. The van der Waals surface area contributed by atoms with E-state index in [1.54, 1.807) is 0 Å². The lowest BCUT2D eigenvalue weighted by molar-refractivity contribution is 0.190. The molecule has 2 N–H and O–H groups in total. The van der Waals surface area contributed by atoms with Crippen LogP contribution in [0.25, 0.3) is 0 Å². The second-order valence-corrected chi connectivity index (χ2v) is 7.01. The van der Waals surface area contributed by atoms with Crippen LogP contribution >= 0.6 is 0 Å². The highest BCUT2D eigenvalue weighted by molar-refractivity contribution is 7.91. The summed E-state index contributed by atoms with van der Waals surface area (Å²) in [6.45, 7) is 4.04. The van der Waals surface area contributed by atoms with Crippen LogP contribution in [0.15, 0.2) is 18.2 Å². The van der Waals surface area contributed by atoms with E-state index < -0.39 is 22.0 Å². The van der Waals surface area contributed by atoms with Crippen molar-refractivity contribution < 1.29 is 13.5 Å². The van der Waals surface area contributed by atoms with Crippen molar-refractivity contribution >= 4 is 15.5 Å². The van der Waals surface area contributed by atoms with Gasteiger partial charge in [0, 0.05) is 5.69 Å². The zero-order valence-electron chi connectivity index (χ0n) is 10.7. The maximum atomic E-state index is 11.5. The Labute approximate surface area is 108 Å². The third-order valence-corrected chi connectivity index (χ3v) is 5.11. The number of rotatable bonds is 3. The fourth-order valence-electron chi connectivity index (χ4n) is 2.38. The van der Waals surface area contributed by atoms with Gasteiger partial charge in [-0.1, -0.05) is 25.1 Å². The van der Waals surface area contributed by atoms with Gasteiger partial charge < -0.3 is 10.4 Å². The van der Waals surface area contributed by atoms with E-state index in [9.17, 15) is 13.5 Å². The standard InChI is InChI=1S/C13H19NO3S/c1-3-10-6-4-5-9(2)13(10)14-11-7-18(16,17)8-12(11)15/h4-6,11-12,14-15H,3,7-8H2,1-2H3/t11-,12-/m0/s1. The Balaban J connectivity index is 2.25. The van der Waals surface area contributed by atoms with E-state index in [0.717, 1.165) is 23.2 Å². The number of nitrogens with one attached hydrogen (secondary N) is 1. The summed E-state index contributed by atoms with van der Waals surface area (Å²) in [6.07, 6.45) is 0.0545. The summed E-state index contributed by atoms with van der Waals surface area (Å²) in [6, 6.07) is 5.59. The first-order valence-electron chi connectivity index (χ1n) is 6.16. The van der Waals surface area contributed by atoms with Crippen molar-refractivity contribution in [1.82, 2.24) is 0 Å². The molecule has 0 saturated carbocycles. The molecule has 0 unspecified atom stereocenters. The molecule has 4 nitrogen and oxygen atoms in total. The minimum atomic E-state index is -3.11. The number of aliphatic hydroxyl groups excluding tert-OH is 1. The molecule has 100 valence electrons. The molecule has 0 radical (unpaired) electrons. The van der Waals surface area contributed by atoms with Crippen LogP contribution in [-0.2, 0) is 16.3 Å². The summed E-state index contributed by atoms with van der Waals surface area (Å²) in [5.41, 5.74) is 3.18. The Bertz CT molecular complexity index is 539. The molecule has 0 bridgehead atoms. The first-order chi connectivity index (χ1) is 8.43. The molecule has 1 aliphatic rings. The van der Waals surface area contributed by atoms with E-state index in [4.69, 9.17) is 0 Å². The Morgan fingerprint density at radius 1 is 1.39 bits per heavy atom. The number of sulfone groups is 1. The van der Waals surface area contributed by atoms with Crippen molar-refractivity contribution in [3.05, 3.63) is 29.3 Å². The minimum Gasteiger partial charge on any atom is -0.390 e. The van der Waals surface area contributed by atoms with Gasteiger partial charge in [-0.05, 0) is 24.5 Å². The van der Waals surface area contributed by atoms with Crippen molar-refractivity contribution in [2.75, 3.05) is 16.8 Å². The number of aliphatic hydroxyl groups is 1. The van der Waals surface area contributed by atoms with E-state index in [0.29, 0.717) is 0 Å². The number of benzene rings is 1. The number of aryl methyl sites for hydroxylation is 2. The molecule has 0 aliphatic carbocycles. The van der Waals surface area contributed by atoms with Gasteiger partial charge in [0.2, 0.25) is 0 Å². The van der Waals surface area contributed by atoms with Crippen molar-refractivity contribution in [2.45, 2.75) is 32.4 Å². The monoisotopic (exact) mass is 269 g/mol. The van der Waals surface area contributed by atoms with Crippen LogP contribution in [0.2, 0.25) is 0 Å². The fourth-order valence-corrected chi connectivity index (χ4v) is 4.12. The third-order valence-electron chi connectivity index (χ3n) is 3.39. The second-order valence-electron chi connectivity index (χ2n) is 4.86. The second kappa shape index (κ2) is 4.90. The van der Waals surface area contributed by atoms with Gasteiger partial charge in [0.1, 0.15) is 0 Å². The molecule has 0 aromatic heterocycles. The average molecular weight is 269 g/mol. The van der Waals surface area contributed by atoms with Crippen molar-refractivity contribution in [3.8, 4) is 0 Å². The molecule has 2 atom stereocenters. The maximum Gasteiger partial charge on any atom is 0.155 e. The lowest BCUT2D eigenvalue weighted by Gasteiger charge is -2.20. The smallest absolute Gasteiger partial charge is 0.155 e. The molecule has 0 amide bonds. The van der Waals surface area contributed by atoms with Crippen molar-refractivity contribution in [2.24, 2.45) is 0 Å². The highest BCUT2D eigenvalue weighted by Gasteiger charge is 2.36. The Kier molecular flexibility index (Phi) is 3.64. The highest BCUT2D eigenvalue weighted by atomic mass is 32.2. The van der Waals surface area contributed by atoms with Crippen LogP contribution in [0.1, 0.15) is 18.1 Å². The predicted molar refractivity (Wildman–Crippen MR) is 72.6 cm³/mol. The van der Waals surface area contributed by atoms with Crippen LogP contribution in [0.3, 0.4) is 0 Å². The van der Waals surface area contributed by atoms with Crippen LogP contribution in [0, 0.1) is 6.92 Å². The van der Waals surface area contributed by atoms with Gasteiger partial charge in [0.05, 0.1) is 23.7 Å². The fraction of sp³-hybridized carbons (Fsp3) is 0.538. The number of hydrogen-bond acceptors (Lipinski definition) is 4. The van der Waals surface area contributed by atoms with E-state index in [1.807, 2.05) is 25.1 Å². The Morgan fingerprint density at radius 2 is 2.11 bits per heavy atom. The molecule has 0 spiro atoms. The Hall–Kier alpha value is -1.07. The largest absolute Gasteiger partial charge is 0.390 e. The lowest BCUT2D eigenvalue weighted by atomic mass is 10.0. The molecule has 2 rings (SSSR count). The van der Waals surface area contributed by atoms with Crippen LogP contribution in [-0.4, -0.2) is 37.2 Å². The van der Waals surface area contributed by atoms with Gasteiger partial charge in [-0.2, -0.15) is 0 Å². The lowest BCUT2D eigenvalue weighted by Crippen LogP contribution is -2.32. The molecule has 1 saturated heterocycles. The molecule has 1 aromatic rings. The number of hydrogen-bond donors (Lipinski definition) is 2. The predicted octanol–water partition coefficient (Wildman–Crippen LogP) is 1.13. The van der Waals surface area contributed by atoms with Crippen molar-refractivity contribution in [3.63, 3.8) is 0 Å². The molecular formula is C13H19NO3S. The van der Waals surface area contributed by atoms with E-state index >= 15 is 0 Å². The molecular weight excluding hydrogens is 250 g/mol. The molecule has 1 heterocycles. The zero-order valence-corrected chi connectivity index (χ0v) is 11.5. The summed E-state index contributed by atoms with van der Waals surface area (Å²) in [5, 5.41) is 13.0. The van der Waals surface area contributed by atoms with Gasteiger partial charge in [0.15, 0.2) is 9.84 Å². The summed E-state index contributed by atoms with van der Waals surface area (Å²) >= 11 is 0. The van der Waals surface area contributed by atoms with Gasteiger partial charge in [-0.25, -0.2) is 8.42 Å². The van der Waals surface area contributed by atoms with E-state index in [1.165, 1.54) is 0 Å². The maximum absolute atomic E-state index is 11.5. The zero-order chi connectivity index (χ0) is 13.3. The Morgan fingerprint density at radius 3 is 2.67 bits per heavy atom.